The van der Waals surface area contributed by atoms with Crippen LogP contribution in [0.15, 0.2) is 46.2 Å². The third-order valence-electron chi connectivity index (χ3n) is 3.45. The topological polar surface area (TPSA) is 102 Å². The quantitative estimate of drug-likeness (QED) is 0.769. The van der Waals surface area contributed by atoms with E-state index >= 15 is 0 Å². The fraction of sp³-hybridized carbons (Fsp3) is 0.200. The van der Waals surface area contributed by atoms with Crippen molar-refractivity contribution in [3.8, 4) is 5.75 Å². The van der Waals surface area contributed by atoms with Crippen LogP contribution in [0.4, 0.5) is 5.69 Å². The zero-order chi connectivity index (χ0) is 18.8. The number of halogens is 1. The Morgan fingerprint density at radius 3 is 2.28 bits per heavy atom. The summed E-state index contributed by atoms with van der Waals surface area (Å²) in [6.45, 7) is 1.66. The van der Waals surface area contributed by atoms with Gasteiger partial charge in [0.05, 0.1) is 17.7 Å². The van der Waals surface area contributed by atoms with E-state index in [9.17, 15) is 16.8 Å². The maximum absolute atomic E-state index is 12.7. The number of hydrogen-bond acceptors (Lipinski definition) is 5. The molecule has 0 heterocycles. The van der Waals surface area contributed by atoms with Crippen molar-refractivity contribution in [2.24, 2.45) is 0 Å². The normalized spacial score (nSPS) is 12.0. The molecule has 136 valence electrons. The summed E-state index contributed by atoms with van der Waals surface area (Å²) in [5.41, 5.74) is 0.693. The van der Waals surface area contributed by atoms with Crippen LogP contribution in [0.1, 0.15) is 5.56 Å². The van der Waals surface area contributed by atoms with Crippen LogP contribution in [0.5, 0.6) is 5.75 Å². The number of anilines is 1. The van der Waals surface area contributed by atoms with Crippen LogP contribution < -0.4 is 14.2 Å². The summed E-state index contributed by atoms with van der Waals surface area (Å²) in [7, 11) is -5.14. The predicted octanol–water partition coefficient (Wildman–Crippen LogP) is 2.37. The highest BCUT2D eigenvalue weighted by Gasteiger charge is 2.22. The highest BCUT2D eigenvalue weighted by Crippen LogP contribution is 2.30. The van der Waals surface area contributed by atoms with E-state index in [0.717, 1.165) is 0 Å². The molecule has 0 aliphatic rings. The van der Waals surface area contributed by atoms with Crippen LogP contribution in [-0.2, 0) is 20.0 Å². The highest BCUT2D eigenvalue weighted by molar-refractivity contribution is 7.93. The van der Waals surface area contributed by atoms with Crippen LogP contribution >= 0.6 is 11.6 Å². The molecule has 0 bridgehead atoms. The van der Waals surface area contributed by atoms with Crippen molar-refractivity contribution in [2.75, 3.05) is 18.9 Å². The fourth-order valence-corrected chi connectivity index (χ4v) is 4.37. The summed E-state index contributed by atoms with van der Waals surface area (Å²) < 4.78 is 58.9. The number of ether oxygens (including phenoxy) is 1. The van der Waals surface area contributed by atoms with Gasteiger partial charge in [0.15, 0.2) is 0 Å². The van der Waals surface area contributed by atoms with E-state index in [1.165, 1.54) is 50.6 Å². The van der Waals surface area contributed by atoms with Crippen LogP contribution in [0, 0.1) is 6.92 Å². The molecule has 0 saturated heterocycles. The van der Waals surface area contributed by atoms with Crippen molar-refractivity contribution >= 4 is 37.3 Å². The first kappa shape index (κ1) is 19.5. The molecule has 10 heteroatoms. The van der Waals surface area contributed by atoms with Crippen LogP contribution in [0.2, 0.25) is 5.02 Å². The maximum Gasteiger partial charge on any atom is 0.265 e. The Hall–Kier alpha value is -1.81. The average Bonchev–Trinajstić information content (AvgIpc) is 2.56. The smallest absolute Gasteiger partial charge is 0.265 e. The molecule has 2 N–H and O–H groups in total. The lowest BCUT2D eigenvalue weighted by atomic mass is 10.2. The van der Waals surface area contributed by atoms with Gasteiger partial charge in [-0.3, -0.25) is 4.72 Å². The van der Waals surface area contributed by atoms with Gasteiger partial charge >= 0.3 is 0 Å². The summed E-state index contributed by atoms with van der Waals surface area (Å²) in [4.78, 5) is -0.208. The predicted molar refractivity (Wildman–Crippen MR) is 96.2 cm³/mol. The summed E-state index contributed by atoms with van der Waals surface area (Å²) in [5, 5.41) is 0.226. The van der Waals surface area contributed by atoms with Gasteiger partial charge in [0.25, 0.3) is 10.0 Å². The molecule has 0 aliphatic heterocycles. The highest BCUT2D eigenvalue weighted by atomic mass is 35.5. The van der Waals surface area contributed by atoms with E-state index in [-0.39, 0.29) is 26.3 Å². The molecule has 0 fully saturated rings. The lowest BCUT2D eigenvalue weighted by Gasteiger charge is -2.14. The van der Waals surface area contributed by atoms with E-state index in [4.69, 9.17) is 16.3 Å². The van der Waals surface area contributed by atoms with E-state index in [0.29, 0.717) is 5.56 Å². The second kappa shape index (κ2) is 7.20. The number of methoxy groups -OCH3 is 1. The van der Waals surface area contributed by atoms with Crippen molar-refractivity contribution in [2.45, 2.75) is 16.7 Å². The molecular weight excluding hydrogens is 388 g/mol. The first-order chi connectivity index (χ1) is 11.6. The molecule has 2 aromatic rings. The Morgan fingerprint density at radius 1 is 1.00 bits per heavy atom. The number of sulfonamides is 2. The average molecular weight is 405 g/mol. The third-order valence-corrected chi connectivity index (χ3v) is 6.48. The largest absolute Gasteiger partial charge is 0.495 e. The van der Waals surface area contributed by atoms with Gasteiger partial charge in [-0.05, 0) is 49.9 Å². The second-order valence-corrected chi connectivity index (χ2v) is 9.06. The summed E-state index contributed by atoms with van der Waals surface area (Å²) >= 11 is 5.88. The monoisotopic (exact) mass is 404 g/mol. The van der Waals surface area contributed by atoms with E-state index in [2.05, 4.69) is 9.44 Å². The Balaban J connectivity index is 2.52. The van der Waals surface area contributed by atoms with Gasteiger partial charge in [0, 0.05) is 5.02 Å². The van der Waals surface area contributed by atoms with E-state index in [1.54, 1.807) is 6.92 Å². The van der Waals surface area contributed by atoms with Gasteiger partial charge < -0.3 is 4.74 Å². The third kappa shape index (κ3) is 4.24. The first-order valence-electron chi connectivity index (χ1n) is 7.01. The molecule has 0 radical (unpaired) electrons. The van der Waals surface area contributed by atoms with Crippen molar-refractivity contribution in [1.29, 1.82) is 0 Å². The fourth-order valence-electron chi connectivity index (χ4n) is 2.06. The Bertz CT molecular complexity index is 1000. The molecule has 0 amide bonds. The zero-order valence-electron chi connectivity index (χ0n) is 13.7. The zero-order valence-corrected chi connectivity index (χ0v) is 16.1. The van der Waals surface area contributed by atoms with Crippen molar-refractivity contribution < 1.29 is 21.6 Å². The molecule has 0 saturated carbocycles. The Labute approximate surface area is 152 Å². The van der Waals surface area contributed by atoms with Crippen molar-refractivity contribution in [3.05, 3.63) is 47.0 Å². The van der Waals surface area contributed by atoms with Crippen molar-refractivity contribution in [1.82, 2.24) is 4.72 Å². The summed E-state index contributed by atoms with van der Waals surface area (Å²) in [6, 6.07) is 8.34. The van der Waals surface area contributed by atoms with Crippen molar-refractivity contribution in [3.63, 3.8) is 0 Å². The summed E-state index contributed by atoms with van der Waals surface area (Å²) in [6.07, 6.45) is 0. The van der Waals surface area contributed by atoms with Gasteiger partial charge in [0.2, 0.25) is 10.0 Å². The number of benzene rings is 2. The van der Waals surface area contributed by atoms with Crippen LogP contribution in [0.3, 0.4) is 0 Å². The SMILES string of the molecule is CNS(=O)(=O)c1ccc(C)c(NS(=O)(=O)c2cc(Cl)ccc2OC)c1. The van der Waals surface area contributed by atoms with Crippen LogP contribution in [0.25, 0.3) is 0 Å². The van der Waals surface area contributed by atoms with Gasteiger partial charge in [-0.2, -0.15) is 0 Å². The molecule has 7 nitrogen and oxygen atoms in total. The number of hydrogen-bond donors (Lipinski definition) is 2. The second-order valence-electron chi connectivity index (χ2n) is 5.08. The molecule has 2 aromatic carbocycles. The van der Waals surface area contributed by atoms with E-state index in [1.807, 2.05) is 0 Å². The Kier molecular flexibility index (Phi) is 5.62. The lowest BCUT2D eigenvalue weighted by Crippen LogP contribution is -2.19. The maximum atomic E-state index is 12.7. The van der Waals surface area contributed by atoms with Gasteiger partial charge in [-0.15, -0.1) is 0 Å². The van der Waals surface area contributed by atoms with Gasteiger partial charge in [-0.25, -0.2) is 21.6 Å². The molecule has 0 spiro atoms. The molecule has 0 aromatic heterocycles. The van der Waals surface area contributed by atoms with Gasteiger partial charge in [-0.1, -0.05) is 17.7 Å². The lowest BCUT2D eigenvalue weighted by molar-refractivity contribution is 0.403. The minimum Gasteiger partial charge on any atom is -0.495 e. The first-order valence-corrected chi connectivity index (χ1v) is 10.4. The van der Waals surface area contributed by atoms with E-state index < -0.39 is 20.0 Å². The number of aryl methyl sites for hydroxylation is 1. The molecular formula is C15H17ClN2O5S2. The molecule has 0 atom stereocenters. The number of nitrogens with one attached hydrogen (secondary N) is 2. The molecule has 25 heavy (non-hydrogen) atoms. The standard InChI is InChI=1S/C15H17ClN2O5S2/c1-10-4-6-12(24(19,20)17-2)9-13(10)18-25(21,22)15-8-11(16)5-7-14(15)23-3/h4-9,17-18H,1-3H3. The minimum atomic E-state index is -4.04. The molecule has 0 aliphatic carbocycles. The Morgan fingerprint density at radius 2 is 1.68 bits per heavy atom. The number of rotatable bonds is 6. The minimum absolute atomic E-state index is 0.0589. The molecule has 2 rings (SSSR count). The summed E-state index contributed by atoms with van der Waals surface area (Å²) in [5.74, 6) is 0.119. The molecule has 0 unspecified atom stereocenters. The van der Waals surface area contributed by atoms with Crippen LogP contribution in [-0.4, -0.2) is 31.0 Å². The van der Waals surface area contributed by atoms with Gasteiger partial charge in [0.1, 0.15) is 10.6 Å².